The van der Waals surface area contributed by atoms with Crippen molar-refractivity contribution in [3.8, 4) is 0 Å². The van der Waals surface area contributed by atoms with Crippen LogP contribution in [0.5, 0.6) is 0 Å². The van der Waals surface area contributed by atoms with Crippen LogP contribution in [0.25, 0.3) is 0 Å². The van der Waals surface area contributed by atoms with Crippen molar-refractivity contribution in [3.63, 3.8) is 0 Å². The molecule has 0 fully saturated rings. The van der Waals surface area contributed by atoms with Gasteiger partial charge in [-0.2, -0.15) is 0 Å². The Kier molecular flexibility index (Phi) is 4.23. The molecule has 0 N–H and O–H groups in total. The summed E-state index contributed by atoms with van der Waals surface area (Å²) in [6.07, 6.45) is 8.33. The molecule has 0 spiro atoms. The number of allylic oxidation sites excluding steroid dienone is 4. The molecule has 19 heavy (non-hydrogen) atoms. The van der Waals surface area contributed by atoms with E-state index in [0.717, 1.165) is 0 Å². The van der Waals surface area contributed by atoms with E-state index in [1.165, 1.54) is 30.5 Å². The van der Waals surface area contributed by atoms with Gasteiger partial charge in [0.05, 0.1) is 0 Å². The molecule has 0 aromatic carbocycles. The van der Waals surface area contributed by atoms with E-state index in [9.17, 15) is 0 Å². The topological polar surface area (TPSA) is 3.24 Å². The van der Waals surface area contributed by atoms with E-state index >= 15 is 0 Å². The Hall–Kier alpha value is -0.980. The Morgan fingerprint density at radius 1 is 1.16 bits per heavy atom. The van der Waals surface area contributed by atoms with E-state index in [4.69, 9.17) is 0 Å². The molecule has 2 aliphatic rings. The highest BCUT2D eigenvalue weighted by Gasteiger charge is 2.33. The van der Waals surface area contributed by atoms with Crippen LogP contribution in [0.4, 0.5) is 0 Å². The fourth-order valence-electron chi connectivity index (χ4n) is 3.80. The zero-order chi connectivity index (χ0) is 14.2. The number of rotatable bonds is 3. The summed E-state index contributed by atoms with van der Waals surface area (Å²) >= 11 is 0. The summed E-state index contributed by atoms with van der Waals surface area (Å²) < 4.78 is 0. The van der Waals surface area contributed by atoms with Gasteiger partial charge in [0.2, 0.25) is 0 Å². The number of nitrogens with zero attached hydrogens (tertiary/aromatic N) is 1. The third-order valence-corrected chi connectivity index (χ3v) is 5.28. The summed E-state index contributed by atoms with van der Waals surface area (Å²) in [5, 5.41) is 0. The Labute approximate surface area is 119 Å². The third-order valence-electron chi connectivity index (χ3n) is 5.28. The van der Waals surface area contributed by atoms with Crippen molar-refractivity contribution >= 4 is 0 Å². The van der Waals surface area contributed by atoms with Gasteiger partial charge in [0.1, 0.15) is 0 Å². The molecule has 3 atom stereocenters. The van der Waals surface area contributed by atoms with Crippen LogP contribution in [0.3, 0.4) is 0 Å². The highest BCUT2D eigenvalue weighted by molar-refractivity contribution is 5.29. The molecule has 1 nitrogen and oxygen atoms in total. The molecule has 1 heteroatoms. The summed E-state index contributed by atoms with van der Waals surface area (Å²) in [4.78, 5) is 2.56. The molecular weight excluding hydrogens is 230 g/mol. The van der Waals surface area contributed by atoms with Crippen LogP contribution >= 0.6 is 0 Å². The molecule has 0 radical (unpaired) electrons. The van der Waals surface area contributed by atoms with Gasteiger partial charge in [-0.15, -0.1) is 0 Å². The van der Waals surface area contributed by atoms with Crippen molar-refractivity contribution in [2.24, 2.45) is 11.8 Å². The average molecular weight is 259 g/mol. The van der Waals surface area contributed by atoms with Crippen LogP contribution in [0, 0.1) is 11.8 Å². The summed E-state index contributed by atoms with van der Waals surface area (Å²) in [5.74, 6) is 1.35. The van der Waals surface area contributed by atoms with E-state index in [1.807, 2.05) is 0 Å². The molecule has 2 rings (SSSR count). The molecule has 106 valence electrons. The smallest absolute Gasteiger partial charge is 0.0383 e. The van der Waals surface area contributed by atoms with E-state index in [2.05, 4.69) is 58.7 Å². The quantitative estimate of drug-likeness (QED) is 0.650. The van der Waals surface area contributed by atoms with Crippen molar-refractivity contribution in [1.82, 2.24) is 4.90 Å². The lowest BCUT2D eigenvalue weighted by Gasteiger charge is -2.37. The van der Waals surface area contributed by atoms with Crippen molar-refractivity contribution in [1.29, 1.82) is 0 Å². The van der Waals surface area contributed by atoms with E-state index < -0.39 is 0 Å². The second-order valence-electron chi connectivity index (χ2n) is 6.52. The molecule has 0 aliphatic heterocycles. The van der Waals surface area contributed by atoms with Gasteiger partial charge in [0.15, 0.2) is 0 Å². The van der Waals surface area contributed by atoms with Crippen LogP contribution in [0.1, 0.15) is 53.9 Å². The van der Waals surface area contributed by atoms with Gasteiger partial charge >= 0.3 is 0 Å². The predicted octanol–water partition coefficient (Wildman–Crippen LogP) is 4.92. The Balaban J connectivity index is 2.16. The van der Waals surface area contributed by atoms with Gasteiger partial charge in [0, 0.05) is 18.8 Å². The van der Waals surface area contributed by atoms with Crippen molar-refractivity contribution in [2.75, 3.05) is 7.05 Å². The second kappa shape index (κ2) is 5.56. The van der Waals surface area contributed by atoms with Gasteiger partial charge in [0.25, 0.3) is 0 Å². The zero-order valence-electron chi connectivity index (χ0n) is 13.5. The maximum atomic E-state index is 2.56. The summed E-state index contributed by atoms with van der Waals surface area (Å²) in [6, 6.07) is 0.662. The minimum absolute atomic E-state index is 0.660. The van der Waals surface area contributed by atoms with E-state index in [-0.39, 0.29) is 0 Å². The fraction of sp³-hybridized carbons (Fsp3) is 0.667. The maximum Gasteiger partial charge on any atom is 0.0383 e. The van der Waals surface area contributed by atoms with Crippen LogP contribution in [0.15, 0.2) is 34.6 Å². The zero-order valence-corrected chi connectivity index (χ0v) is 13.5. The number of hydrogen-bond donors (Lipinski definition) is 0. The van der Waals surface area contributed by atoms with E-state index in [1.54, 1.807) is 11.1 Å². The molecule has 0 heterocycles. The monoisotopic (exact) mass is 259 g/mol. The Morgan fingerprint density at radius 3 is 2.37 bits per heavy atom. The molecule has 0 aromatic rings. The largest absolute Gasteiger partial charge is 0.374 e. The standard InChI is InChI=1S/C18H29N/c1-7-16-11-18(15(5)14(16)4)19(6)17-9-8-12(2)10-13(17)3/h8-9,13,15,18H,7,10-11H2,1-6H3/t13?,15?,18-/m1/s1. The Morgan fingerprint density at radius 2 is 1.84 bits per heavy atom. The van der Waals surface area contributed by atoms with Gasteiger partial charge in [-0.1, -0.05) is 43.6 Å². The van der Waals surface area contributed by atoms with Crippen LogP contribution in [0.2, 0.25) is 0 Å². The normalized spacial score (nSPS) is 31.4. The van der Waals surface area contributed by atoms with Crippen LogP contribution < -0.4 is 0 Å². The average Bonchev–Trinajstić information content (AvgIpc) is 2.65. The molecule has 2 aliphatic carbocycles. The molecule has 0 bridgehead atoms. The lowest BCUT2D eigenvalue weighted by molar-refractivity contribution is 0.238. The first kappa shape index (κ1) is 14.4. The summed E-state index contributed by atoms with van der Waals surface area (Å²) in [6.45, 7) is 11.6. The van der Waals surface area contributed by atoms with Crippen LogP contribution in [-0.4, -0.2) is 18.0 Å². The lowest BCUT2D eigenvalue weighted by Crippen LogP contribution is -2.36. The molecule has 0 saturated heterocycles. The molecule has 2 unspecified atom stereocenters. The molecule has 0 aromatic heterocycles. The highest BCUT2D eigenvalue weighted by atomic mass is 15.2. The first-order valence-corrected chi connectivity index (χ1v) is 7.74. The minimum atomic E-state index is 0.660. The van der Waals surface area contributed by atoms with E-state index in [0.29, 0.717) is 17.9 Å². The minimum Gasteiger partial charge on any atom is -0.374 e. The first-order valence-electron chi connectivity index (χ1n) is 7.74. The molecular formula is C18H29N. The van der Waals surface area contributed by atoms with Crippen LogP contribution in [-0.2, 0) is 0 Å². The third kappa shape index (κ3) is 2.66. The van der Waals surface area contributed by atoms with Crippen molar-refractivity contribution < 1.29 is 0 Å². The van der Waals surface area contributed by atoms with Crippen molar-refractivity contribution in [2.45, 2.75) is 59.9 Å². The van der Waals surface area contributed by atoms with Crippen molar-refractivity contribution in [3.05, 3.63) is 34.6 Å². The first-order chi connectivity index (χ1) is 8.95. The van der Waals surface area contributed by atoms with Gasteiger partial charge in [-0.25, -0.2) is 0 Å². The maximum absolute atomic E-state index is 2.56. The highest BCUT2D eigenvalue weighted by Crippen LogP contribution is 2.39. The lowest BCUT2D eigenvalue weighted by atomic mass is 9.90. The summed E-state index contributed by atoms with van der Waals surface area (Å²) in [7, 11) is 2.30. The van der Waals surface area contributed by atoms with Gasteiger partial charge in [-0.05, 0) is 51.0 Å². The SMILES string of the molecule is CCC1=C(C)C(C)[C@H](N(C)C2=CC=C(C)CC2C)C1. The molecule has 0 amide bonds. The Bertz CT molecular complexity index is 439. The van der Waals surface area contributed by atoms with Gasteiger partial charge < -0.3 is 4.90 Å². The number of hydrogen-bond acceptors (Lipinski definition) is 1. The second-order valence-corrected chi connectivity index (χ2v) is 6.52. The molecule has 0 saturated carbocycles. The predicted molar refractivity (Wildman–Crippen MR) is 83.9 cm³/mol. The fourth-order valence-corrected chi connectivity index (χ4v) is 3.80. The van der Waals surface area contributed by atoms with Gasteiger partial charge in [-0.3, -0.25) is 0 Å². The summed E-state index contributed by atoms with van der Waals surface area (Å²) in [5.41, 5.74) is 6.34.